The Bertz CT molecular complexity index is 508. The van der Waals surface area contributed by atoms with Crippen molar-refractivity contribution in [2.75, 3.05) is 14.2 Å². The van der Waals surface area contributed by atoms with Gasteiger partial charge in [-0.3, -0.25) is 4.79 Å². The van der Waals surface area contributed by atoms with Crippen LogP contribution in [0.3, 0.4) is 0 Å². The van der Waals surface area contributed by atoms with Gasteiger partial charge in [-0.15, -0.1) is 13.2 Å². The van der Waals surface area contributed by atoms with Crippen LogP contribution in [-0.2, 0) is 4.74 Å². The molecule has 1 rings (SSSR count). The van der Waals surface area contributed by atoms with Crippen molar-refractivity contribution in [2.45, 2.75) is 6.36 Å². The molecule has 100 valence electrons. The number of nitrogens with one attached hydrogen (secondary N) is 1. The van der Waals surface area contributed by atoms with E-state index in [0.29, 0.717) is 6.20 Å². The minimum Gasteiger partial charge on any atom is -0.490 e. The molecule has 0 fully saturated rings. The van der Waals surface area contributed by atoms with Gasteiger partial charge in [-0.2, -0.15) is 0 Å². The lowest BCUT2D eigenvalue weighted by Gasteiger charge is -2.13. The van der Waals surface area contributed by atoms with Crippen LogP contribution in [0.4, 0.5) is 13.2 Å². The maximum Gasteiger partial charge on any atom is 0.573 e. The second-order valence-corrected chi connectivity index (χ2v) is 2.93. The number of esters is 1. The largest absolute Gasteiger partial charge is 0.573 e. The smallest absolute Gasteiger partial charge is 0.490 e. The van der Waals surface area contributed by atoms with E-state index in [2.05, 4.69) is 14.2 Å². The molecule has 1 aromatic heterocycles. The third-order valence-corrected chi connectivity index (χ3v) is 1.83. The van der Waals surface area contributed by atoms with Gasteiger partial charge in [0, 0.05) is 6.20 Å². The van der Waals surface area contributed by atoms with E-state index in [4.69, 9.17) is 0 Å². The van der Waals surface area contributed by atoms with Crippen molar-refractivity contribution in [1.29, 1.82) is 0 Å². The molecule has 0 spiro atoms. The van der Waals surface area contributed by atoms with Crippen molar-refractivity contribution in [2.24, 2.45) is 0 Å². The predicted molar refractivity (Wildman–Crippen MR) is 51.6 cm³/mol. The standard InChI is InChI=1S/C9H8F3NO5/c1-16-6-5(8(15)17-2)4(3-13-7(6)14)18-9(10,11)12/h3H,1-2H3,(H,13,14). The highest BCUT2D eigenvalue weighted by molar-refractivity contribution is 5.95. The number of H-pyrrole nitrogens is 1. The summed E-state index contributed by atoms with van der Waals surface area (Å²) in [6.45, 7) is 0. The molecule has 0 aromatic carbocycles. The predicted octanol–water partition coefficient (Wildman–Crippen LogP) is 1.07. The molecule has 0 bridgehead atoms. The summed E-state index contributed by atoms with van der Waals surface area (Å²) in [5.41, 5.74) is -1.62. The minimum absolute atomic E-state index is 0.602. The number of halogens is 3. The Morgan fingerprint density at radius 1 is 1.33 bits per heavy atom. The van der Waals surface area contributed by atoms with Crippen molar-refractivity contribution in [3.63, 3.8) is 0 Å². The lowest BCUT2D eigenvalue weighted by Crippen LogP contribution is -2.23. The average molecular weight is 267 g/mol. The van der Waals surface area contributed by atoms with Crippen LogP contribution in [0, 0.1) is 0 Å². The fraction of sp³-hybridized carbons (Fsp3) is 0.333. The zero-order valence-corrected chi connectivity index (χ0v) is 9.25. The molecular formula is C9H8F3NO5. The van der Waals surface area contributed by atoms with Crippen molar-refractivity contribution in [3.8, 4) is 11.5 Å². The number of hydrogen-bond acceptors (Lipinski definition) is 5. The number of pyridine rings is 1. The maximum absolute atomic E-state index is 12.1. The Hall–Kier alpha value is -2.19. The number of alkyl halides is 3. The highest BCUT2D eigenvalue weighted by Crippen LogP contribution is 2.29. The molecule has 18 heavy (non-hydrogen) atoms. The lowest BCUT2D eigenvalue weighted by molar-refractivity contribution is -0.274. The second kappa shape index (κ2) is 4.98. The molecule has 0 saturated heterocycles. The van der Waals surface area contributed by atoms with Crippen LogP contribution in [-0.4, -0.2) is 31.5 Å². The molecule has 9 heteroatoms. The fourth-order valence-corrected chi connectivity index (χ4v) is 1.19. The third kappa shape index (κ3) is 2.93. The summed E-state index contributed by atoms with van der Waals surface area (Å²) in [6.07, 6.45) is -4.42. The highest BCUT2D eigenvalue weighted by Gasteiger charge is 2.35. The molecule has 6 nitrogen and oxygen atoms in total. The number of methoxy groups -OCH3 is 2. The van der Waals surface area contributed by atoms with Gasteiger partial charge in [0.1, 0.15) is 0 Å². The van der Waals surface area contributed by atoms with Crippen LogP contribution in [0.15, 0.2) is 11.0 Å². The Morgan fingerprint density at radius 3 is 2.39 bits per heavy atom. The molecule has 1 N–H and O–H groups in total. The summed E-state index contributed by atoms with van der Waals surface area (Å²) < 4.78 is 48.8. The van der Waals surface area contributed by atoms with Gasteiger partial charge in [0.05, 0.1) is 14.2 Å². The molecule has 0 aliphatic rings. The van der Waals surface area contributed by atoms with Gasteiger partial charge in [0.15, 0.2) is 11.3 Å². The number of aromatic amines is 1. The number of carbonyl (C=O) groups excluding carboxylic acids is 1. The van der Waals surface area contributed by atoms with Gasteiger partial charge < -0.3 is 19.2 Å². The number of hydrogen-bond donors (Lipinski definition) is 1. The average Bonchev–Trinajstić information content (AvgIpc) is 2.28. The molecule has 0 amide bonds. The van der Waals surface area contributed by atoms with E-state index in [1.807, 2.05) is 4.98 Å². The van der Waals surface area contributed by atoms with E-state index in [1.54, 1.807) is 0 Å². The third-order valence-electron chi connectivity index (χ3n) is 1.83. The van der Waals surface area contributed by atoms with Crippen molar-refractivity contribution < 1.29 is 32.2 Å². The van der Waals surface area contributed by atoms with Gasteiger partial charge in [0.2, 0.25) is 5.75 Å². The van der Waals surface area contributed by atoms with Crippen LogP contribution in [0.5, 0.6) is 11.5 Å². The van der Waals surface area contributed by atoms with E-state index in [-0.39, 0.29) is 0 Å². The molecular weight excluding hydrogens is 259 g/mol. The molecule has 0 unspecified atom stereocenters. The Kier molecular flexibility index (Phi) is 3.84. The first-order valence-electron chi connectivity index (χ1n) is 4.44. The molecule has 0 radical (unpaired) electrons. The normalized spacial score (nSPS) is 10.9. The van der Waals surface area contributed by atoms with Gasteiger partial charge in [0.25, 0.3) is 5.56 Å². The number of aromatic nitrogens is 1. The molecule has 0 aliphatic carbocycles. The first-order chi connectivity index (χ1) is 8.30. The summed E-state index contributed by atoms with van der Waals surface area (Å²) in [5.74, 6) is -2.72. The first-order valence-corrected chi connectivity index (χ1v) is 4.44. The van der Waals surface area contributed by atoms with Crippen LogP contribution in [0.2, 0.25) is 0 Å². The van der Waals surface area contributed by atoms with Crippen LogP contribution in [0.25, 0.3) is 0 Å². The Labute approximate surface area is 98.3 Å². The zero-order valence-electron chi connectivity index (χ0n) is 9.25. The fourth-order valence-electron chi connectivity index (χ4n) is 1.19. The molecule has 0 saturated carbocycles. The summed E-state index contributed by atoms with van der Waals surface area (Å²) in [7, 11) is 1.97. The monoisotopic (exact) mass is 267 g/mol. The van der Waals surface area contributed by atoms with Crippen molar-refractivity contribution >= 4 is 5.97 Å². The van der Waals surface area contributed by atoms with E-state index in [0.717, 1.165) is 14.2 Å². The lowest BCUT2D eigenvalue weighted by atomic mass is 10.2. The van der Waals surface area contributed by atoms with Crippen molar-refractivity contribution in [1.82, 2.24) is 4.98 Å². The van der Waals surface area contributed by atoms with Crippen LogP contribution in [0.1, 0.15) is 10.4 Å². The molecule has 0 aliphatic heterocycles. The highest BCUT2D eigenvalue weighted by atomic mass is 19.4. The van der Waals surface area contributed by atoms with Gasteiger partial charge in [-0.05, 0) is 0 Å². The number of ether oxygens (including phenoxy) is 3. The zero-order chi connectivity index (χ0) is 13.9. The van der Waals surface area contributed by atoms with E-state index in [1.165, 1.54) is 0 Å². The van der Waals surface area contributed by atoms with Crippen LogP contribution < -0.4 is 15.0 Å². The summed E-state index contributed by atoms with van der Waals surface area (Å²) >= 11 is 0. The summed E-state index contributed by atoms with van der Waals surface area (Å²) in [4.78, 5) is 24.6. The second-order valence-electron chi connectivity index (χ2n) is 2.93. The first kappa shape index (κ1) is 13.9. The molecule has 0 atom stereocenters. The van der Waals surface area contributed by atoms with Crippen molar-refractivity contribution in [3.05, 3.63) is 22.1 Å². The number of carbonyl (C=O) groups is 1. The van der Waals surface area contributed by atoms with E-state index >= 15 is 0 Å². The minimum atomic E-state index is -5.02. The van der Waals surface area contributed by atoms with E-state index in [9.17, 15) is 22.8 Å². The maximum atomic E-state index is 12.1. The van der Waals surface area contributed by atoms with Gasteiger partial charge in [-0.1, -0.05) is 0 Å². The Morgan fingerprint density at radius 2 is 1.94 bits per heavy atom. The van der Waals surface area contributed by atoms with Crippen LogP contribution >= 0.6 is 0 Å². The number of rotatable bonds is 3. The summed E-state index contributed by atoms with van der Waals surface area (Å²) in [5, 5.41) is 0. The topological polar surface area (TPSA) is 77.6 Å². The van der Waals surface area contributed by atoms with E-state index < -0.39 is 35.0 Å². The SMILES string of the molecule is COC(=O)c1c(OC(F)(F)F)c[nH]c(=O)c1OC. The molecule has 1 heterocycles. The van der Waals surface area contributed by atoms with Gasteiger partial charge >= 0.3 is 12.3 Å². The molecule has 1 aromatic rings. The Balaban J connectivity index is 3.43. The van der Waals surface area contributed by atoms with Gasteiger partial charge in [-0.25, -0.2) is 4.79 Å². The summed E-state index contributed by atoms with van der Waals surface area (Å²) in [6, 6.07) is 0. The quantitative estimate of drug-likeness (QED) is 0.829.